The number of unbranched alkanes of at least 4 members (excludes halogenated alkanes) is 1. The minimum absolute atomic E-state index is 0.0294. The Kier molecular flexibility index (Phi) is 15.4. The number of aliphatic hydroxyl groups excluding tert-OH is 1. The van der Waals surface area contributed by atoms with Gasteiger partial charge in [0.05, 0.1) is 12.6 Å². The van der Waals surface area contributed by atoms with Crippen molar-refractivity contribution in [2.75, 3.05) is 30.9 Å². The van der Waals surface area contributed by atoms with Crippen molar-refractivity contribution in [3.05, 3.63) is 0 Å². The summed E-state index contributed by atoms with van der Waals surface area (Å²) in [6, 6.07) is -4.38. The monoisotopic (exact) mass is 467 g/mol. The number of carbonyl (C=O) groups excluding carboxylic acids is 3. The van der Waals surface area contributed by atoms with E-state index in [0.29, 0.717) is 31.6 Å². The van der Waals surface area contributed by atoms with Gasteiger partial charge in [0, 0.05) is 5.75 Å². The third kappa shape index (κ3) is 11.0. The second-order valence-electron chi connectivity index (χ2n) is 6.56. The zero-order chi connectivity index (χ0) is 23.1. The molecule has 13 heteroatoms. The van der Waals surface area contributed by atoms with Crippen molar-refractivity contribution in [2.45, 2.75) is 49.9 Å². The number of thioether (sulfide) groups is 1. The highest BCUT2D eigenvalue weighted by Crippen LogP contribution is 2.04. The number of carbonyl (C=O) groups is 4. The van der Waals surface area contributed by atoms with E-state index in [0.717, 1.165) is 0 Å². The summed E-state index contributed by atoms with van der Waals surface area (Å²) in [6.07, 6.45) is 3.63. The van der Waals surface area contributed by atoms with Crippen molar-refractivity contribution in [2.24, 2.45) is 11.5 Å². The molecule has 0 radical (unpaired) electrons. The molecule has 0 aromatic carbocycles. The first-order valence-electron chi connectivity index (χ1n) is 9.51. The molecule has 0 aliphatic carbocycles. The molecule has 0 spiro atoms. The Labute approximate surface area is 185 Å². The van der Waals surface area contributed by atoms with Gasteiger partial charge in [0.1, 0.15) is 18.1 Å². The van der Waals surface area contributed by atoms with Gasteiger partial charge in [0.15, 0.2) is 0 Å². The standard InChI is InChI=1S/C17H33N5O6S2/c1-30-7-5-10(19)14(24)22-13(9-29)16(26)20-11(4-2-3-6-18)15(25)21-12(8-23)17(27)28/h10-13,23,29H,2-9,18-19H2,1H3,(H,20,26)(H,21,25)(H,22,24)(H,27,28). The van der Waals surface area contributed by atoms with Crippen LogP contribution in [0.3, 0.4) is 0 Å². The number of nitrogens with two attached hydrogens (primary N) is 2. The number of carboxylic acids is 1. The van der Waals surface area contributed by atoms with Gasteiger partial charge in [-0.3, -0.25) is 14.4 Å². The number of hydrogen-bond acceptors (Lipinski definition) is 9. The van der Waals surface area contributed by atoms with E-state index in [4.69, 9.17) is 21.7 Å². The topological polar surface area (TPSA) is 197 Å². The molecule has 0 fully saturated rings. The molecule has 0 aromatic heterocycles. The largest absolute Gasteiger partial charge is 0.480 e. The molecule has 0 aliphatic rings. The third-order valence-electron chi connectivity index (χ3n) is 4.16. The second kappa shape index (κ2) is 16.2. The van der Waals surface area contributed by atoms with E-state index in [1.165, 1.54) is 0 Å². The number of carboxylic acid groups (broad SMARTS) is 1. The Morgan fingerprint density at radius 3 is 2.03 bits per heavy atom. The lowest BCUT2D eigenvalue weighted by Gasteiger charge is -2.24. The lowest BCUT2D eigenvalue weighted by molar-refractivity contribution is -0.143. The van der Waals surface area contributed by atoms with Crippen LogP contribution < -0.4 is 27.4 Å². The number of aliphatic carboxylic acids is 1. The van der Waals surface area contributed by atoms with Crippen LogP contribution in [0.5, 0.6) is 0 Å². The van der Waals surface area contributed by atoms with Crippen molar-refractivity contribution >= 4 is 48.1 Å². The molecule has 0 aromatic rings. The predicted molar refractivity (Wildman–Crippen MR) is 118 cm³/mol. The van der Waals surface area contributed by atoms with Crippen LogP contribution >= 0.6 is 24.4 Å². The number of nitrogens with one attached hydrogen (secondary N) is 3. The molecule has 174 valence electrons. The molecule has 30 heavy (non-hydrogen) atoms. The molecular weight excluding hydrogens is 434 g/mol. The SMILES string of the molecule is CSCCC(N)C(=O)NC(CS)C(=O)NC(CCCCN)C(=O)NC(CO)C(=O)O. The summed E-state index contributed by atoms with van der Waals surface area (Å²) in [5.41, 5.74) is 11.3. The first-order chi connectivity index (χ1) is 14.2. The molecular formula is C17H33N5O6S2. The van der Waals surface area contributed by atoms with E-state index < -0.39 is 54.5 Å². The second-order valence-corrected chi connectivity index (χ2v) is 7.91. The first kappa shape index (κ1) is 28.5. The van der Waals surface area contributed by atoms with Gasteiger partial charge >= 0.3 is 5.97 Å². The van der Waals surface area contributed by atoms with Crippen molar-refractivity contribution in [3.63, 3.8) is 0 Å². The van der Waals surface area contributed by atoms with Crippen molar-refractivity contribution < 1.29 is 29.4 Å². The smallest absolute Gasteiger partial charge is 0.328 e. The maximum absolute atomic E-state index is 12.6. The highest BCUT2D eigenvalue weighted by atomic mass is 32.2. The fourth-order valence-corrected chi connectivity index (χ4v) is 3.09. The fraction of sp³-hybridized carbons (Fsp3) is 0.765. The van der Waals surface area contributed by atoms with E-state index >= 15 is 0 Å². The first-order valence-corrected chi connectivity index (χ1v) is 11.5. The number of thiol groups is 1. The molecule has 0 bridgehead atoms. The van der Waals surface area contributed by atoms with Gasteiger partial charge in [-0.2, -0.15) is 24.4 Å². The molecule has 9 N–H and O–H groups in total. The van der Waals surface area contributed by atoms with E-state index in [9.17, 15) is 19.2 Å². The van der Waals surface area contributed by atoms with Crippen LogP contribution in [0.4, 0.5) is 0 Å². The van der Waals surface area contributed by atoms with Crippen molar-refractivity contribution in [3.8, 4) is 0 Å². The highest BCUT2D eigenvalue weighted by molar-refractivity contribution is 7.98. The summed E-state index contributed by atoms with van der Waals surface area (Å²) in [4.78, 5) is 48.2. The molecule has 4 atom stereocenters. The zero-order valence-electron chi connectivity index (χ0n) is 17.0. The Morgan fingerprint density at radius 1 is 0.967 bits per heavy atom. The molecule has 0 saturated carbocycles. The van der Waals surface area contributed by atoms with Gasteiger partial charge < -0.3 is 37.6 Å². The Hall–Kier alpha value is -1.54. The minimum atomic E-state index is -1.50. The maximum atomic E-state index is 12.6. The third-order valence-corrected chi connectivity index (χ3v) is 5.17. The molecule has 4 unspecified atom stereocenters. The van der Waals surface area contributed by atoms with Gasteiger partial charge in [-0.25, -0.2) is 4.79 Å². The maximum Gasteiger partial charge on any atom is 0.328 e. The van der Waals surface area contributed by atoms with Crippen LogP contribution in [-0.4, -0.2) is 89.0 Å². The summed E-state index contributed by atoms with van der Waals surface area (Å²) in [5, 5.41) is 25.3. The van der Waals surface area contributed by atoms with E-state index in [1.807, 2.05) is 6.26 Å². The van der Waals surface area contributed by atoms with E-state index in [-0.39, 0.29) is 12.2 Å². The molecule has 0 aliphatic heterocycles. The zero-order valence-corrected chi connectivity index (χ0v) is 18.7. The minimum Gasteiger partial charge on any atom is -0.480 e. The van der Waals surface area contributed by atoms with Crippen molar-refractivity contribution in [1.29, 1.82) is 0 Å². The molecule has 0 saturated heterocycles. The highest BCUT2D eigenvalue weighted by Gasteiger charge is 2.29. The van der Waals surface area contributed by atoms with Crippen LogP contribution in [-0.2, 0) is 19.2 Å². The van der Waals surface area contributed by atoms with Crippen molar-refractivity contribution in [1.82, 2.24) is 16.0 Å². The number of rotatable bonds is 16. The van der Waals surface area contributed by atoms with Crippen LogP contribution in [0.25, 0.3) is 0 Å². The van der Waals surface area contributed by atoms with Crippen LogP contribution in [0, 0.1) is 0 Å². The number of amides is 3. The average Bonchev–Trinajstić information content (AvgIpc) is 2.72. The van der Waals surface area contributed by atoms with E-state index in [2.05, 4.69) is 28.6 Å². The summed E-state index contributed by atoms with van der Waals surface area (Å²) in [5.74, 6) is -2.67. The normalized spacial score (nSPS) is 14.8. The fourth-order valence-electron chi connectivity index (χ4n) is 2.34. The van der Waals surface area contributed by atoms with Crippen LogP contribution in [0.2, 0.25) is 0 Å². The summed E-state index contributed by atoms with van der Waals surface area (Å²) >= 11 is 5.62. The van der Waals surface area contributed by atoms with Gasteiger partial charge in [-0.1, -0.05) is 0 Å². The average molecular weight is 468 g/mol. The summed E-state index contributed by atoms with van der Waals surface area (Å²) < 4.78 is 0. The van der Waals surface area contributed by atoms with Gasteiger partial charge in [0.2, 0.25) is 17.7 Å². The Balaban J connectivity index is 5.10. The molecule has 0 rings (SSSR count). The Morgan fingerprint density at radius 2 is 1.53 bits per heavy atom. The van der Waals surface area contributed by atoms with Crippen LogP contribution in [0.15, 0.2) is 0 Å². The van der Waals surface area contributed by atoms with E-state index in [1.54, 1.807) is 11.8 Å². The lowest BCUT2D eigenvalue weighted by Crippen LogP contribution is -2.58. The van der Waals surface area contributed by atoms with Gasteiger partial charge in [-0.15, -0.1) is 0 Å². The molecule has 11 nitrogen and oxygen atoms in total. The quantitative estimate of drug-likeness (QED) is 0.0905. The number of hydrogen-bond donors (Lipinski definition) is 8. The summed E-state index contributed by atoms with van der Waals surface area (Å²) in [7, 11) is 0. The summed E-state index contributed by atoms with van der Waals surface area (Å²) in [6.45, 7) is -0.409. The van der Waals surface area contributed by atoms with Gasteiger partial charge in [0.25, 0.3) is 0 Å². The molecule has 3 amide bonds. The lowest BCUT2D eigenvalue weighted by atomic mass is 10.1. The predicted octanol–water partition coefficient (Wildman–Crippen LogP) is -2.34. The number of aliphatic hydroxyl groups is 1. The Bertz CT molecular complexity index is 569. The van der Waals surface area contributed by atoms with Gasteiger partial charge in [-0.05, 0) is 44.2 Å². The van der Waals surface area contributed by atoms with Crippen LogP contribution in [0.1, 0.15) is 25.7 Å². The molecule has 0 heterocycles.